The number of allylic oxidation sites excluding steroid dienone is 2. The highest BCUT2D eigenvalue weighted by Crippen LogP contribution is 2.46. The highest BCUT2D eigenvalue weighted by atomic mass is 32.2. The van der Waals surface area contributed by atoms with Crippen molar-refractivity contribution >= 4 is 23.2 Å². The molecule has 0 saturated carbocycles. The van der Waals surface area contributed by atoms with E-state index in [1.165, 1.54) is 22.0 Å². The summed E-state index contributed by atoms with van der Waals surface area (Å²) < 4.78 is 1.48. The Hall–Kier alpha value is -2.99. The highest BCUT2D eigenvalue weighted by Gasteiger charge is 2.38. The predicted molar refractivity (Wildman–Crippen MR) is 119 cm³/mol. The van der Waals surface area contributed by atoms with Crippen LogP contribution in [0.5, 0.6) is 0 Å². The third kappa shape index (κ3) is 3.56. The van der Waals surface area contributed by atoms with Crippen LogP contribution in [0.3, 0.4) is 0 Å². The van der Waals surface area contributed by atoms with Gasteiger partial charge in [0.15, 0.2) is 10.9 Å². The van der Waals surface area contributed by atoms with E-state index in [0.29, 0.717) is 5.16 Å². The van der Waals surface area contributed by atoms with Crippen molar-refractivity contribution in [2.75, 3.05) is 23.5 Å². The quantitative estimate of drug-likeness (QED) is 0.392. The summed E-state index contributed by atoms with van der Waals surface area (Å²) in [7, 11) is 2.01. The van der Waals surface area contributed by atoms with E-state index in [2.05, 4.69) is 35.9 Å². The Bertz CT molecular complexity index is 1090. The first-order valence-electron chi connectivity index (χ1n) is 9.49. The predicted octanol–water partition coefficient (Wildman–Crippen LogP) is 4.24. The van der Waals surface area contributed by atoms with Crippen molar-refractivity contribution in [2.45, 2.75) is 24.4 Å². The van der Waals surface area contributed by atoms with Crippen LogP contribution in [0, 0.1) is 0 Å². The Morgan fingerprint density at radius 2 is 1.83 bits per heavy atom. The summed E-state index contributed by atoms with van der Waals surface area (Å²) in [4.78, 5) is 19.4. The molecular weight excluding hydrogens is 380 g/mol. The molecule has 0 bridgehead atoms. The third-order valence-electron chi connectivity index (χ3n) is 5.35. The molecule has 0 fully saturated rings. The van der Waals surface area contributed by atoms with Gasteiger partial charge < -0.3 is 10.7 Å². The summed E-state index contributed by atoms with van der Waals surface area (Å²) >= 11 is 1.35. The average Bonchev–Trinajstić information content (AvgIpc) is 3.18. The standard InChI is InChI=1S/C23H24N4OS/c1-23(2)18-11-7-8-12-20(18)26(3)21(23)13-17(28)15-29-22-25-19(14-27(22)24)16-9-5-4-6-10-16/h4-14H,15,24H2,1-3H3. The number of benzene rings is 2. The molecule has 5 nitrogen and oxygen atoms in total. The molecule has 1 aliphatic rings. The summed E-state index contributed by atoms with van der Waals surface area (Å²) in [6, 6.07) is 18.2. The van der Waals surface area contributed by atoms with E-state index in [9.17, 15) is 4.79 Å². The summed E-state index contributed by atoms with van der Waals surface area (Å²) in [5, 5.41) is 0.623. The molecule has 4 rings (SSSR count). The van der Waals surface area contributed by atoms with Crippen LogP contribution in [0.25, 0.3) is 11.3 Å². The average molecular weight is 405 g/mol. The molecule has 0 aliphatic carbocycles. The molecule has 1 aromatic heterocycles. The Morgan fingerprint density at radius 3 is 2.55 bits per heavy atom. The number of rotatable bonds is 5. The van der Waals surface area contributed by atoms with Gasteiger partial charge in [-0.2, -0.15) is 0 Å². The first-order valence-corrected chi connectivity index (χ1v) is 10.5. The van der Waals surface area contributed by atoms with Crippen LogP contribution >= 0.6 is 11.8 Å². The minimum absolute atomic E-state index is 0.0435. The van der Waals surface area contributed by atoms with E-state index in [0.717, 1.165) is 22.6 Å². The monoisotopic (exact) mass is 404 g/mol. The maximum Gasteiger partial charge on any atom is 0.187 e. The number of para-hydroxylation sites is 1. The molecule has 2 N–H and O–H groups in total. The van der Waals surface area contributed by atoms with E-state index in [1.54, 1.807) is 12.3 Å². The number of thioether (sulfide) groups is 1. The number of likely N-dealkylation sites (N-methyl/N-ethyl adjacent to an activating group) is 1. The maximum absolute atomic E-state index is 12.7. The van der Waals surface area contributed by atoms with Gasteiger partial charge in [-0.05, 0) is 11.6 Å². The number of aromatic nitrogens is 2. The zero-order valence-electron chi connectivity index (χ0n) is 16.8. The van der Waals surface area contributed by atoms with Gasteiger partial charge >= 0.3 is 0 Å². The molecule has 0 radical (unpaired) electrons. The van der Waals surface area contributed by atoms with Gasteiger partial charge in [0.05, 0.1) is 17.6 Å². The molecule has 0 atom stereocenters. The smallest absolute Gasteiger partial charge is 0.187 e. The molecule has 0 saturated heterocycles. The first-order chi connectivity index (χ1) is 13.9. The third-order valence-corrected chi connectivity index (χ3v) is 6.34. The number of nitrogen functional groups attached to an aromatic ring is 1. The zero-order valence-corrected chi connectivity index (χ0v) is 17.6. The van der Waals surface area contributed by atoms with E-state index >= 15 is 0 Å². The summed E-state index contributed by atoms with van der Waals surface area (Å²) in [5.41, 5.74) is 4.98. The Balaban J connectivity index is 1.49. The van der Waals surface area contributed by atoms with Gasteiger partial charge in [-0.15, -0.1) is 0 Å². The number of carbonyl (C=O) groups is 1. The van der Waals surface area contributed by atoms with E-state index < -0.39 is 0 Å². The molecule has 29 heavy (non-hydrogen) atoms. The second kappa shape index (κ2) is 7.44. The van der Waals surface area contributed by atoms with Gasteiger partial charge in [-0.3, -0.25) is 4.79 Å². The van der Waals surface area contributed by atoms with Crippen LogP contribution in [0.1, 0.15) is 19.4 Å². The lowest BCUT2D eigenvalue weighted by molar-refractivity contribution is -0.112. The molecule has 1 aliphatic heterocycles. The van der Waals surface area contributed by atoms with Gasteiger partial charge in [-0.1, -0.05) is 74.1 Å². The normalized spacial score (nSPS) is 16.2. The molecule has 0 amide bonds. The van der Waals surface area contributed by atoms with Crippen molar-refractivity contribution in [3.8, 4) is 11.3 Å². The van der Waals surface area contributed by atoms with E-state index in [4.69, 9.17) is 5.84 Å². The van der Waals surface area contributed by atoms with E-state index in [-0.39, 0.29) is 17.0 Å². The summed E-state index contributed by atoms with van der Waals surface area (Å²) in [6.07, 6.45) is 3.54. The second-order valence-electron chi connectivity index (χ2n) is 7.67. The number of nitrogens with two attached hydrogens (primary N) is 1. The van der Waals surface area contributed by atoms with Crippen molar-refractivity contribution in [1.82, 2.24) is 9.66 Å². The number of nitrogens with zero attached hydrogens (tertiary/aromatic N) is 3. The number of carbonyl (C=O) groups excluding carboxylic acids is 1. The Morgan fingerprint density at radius 1 is 1.14 bits per heavy atom. The van der Waals surface area contributed by atoms with Crippen molar-refractivity contribution in [1.29, 1.82) is 0 Å². The van der Waals surface area contributed by atoms with Crippen molar-refractivity contribution in [3.63, 3.8) is 0 Å². The molecule has 3 aromatic rings. The zero-order chi connectivity index (χ0) is 20.6. The summed E-state index contributed by atoms with van der Waals surface area (Å²) in [6.45, 7) is 4.31. The van der Waals surface area contributed by atoms with Crippen LogP contribution in [0.4, 0.5) is 5.69 Å². The van der Waals surface area contributed by atoms with Crippen LogP contribution in [0.15, 0.2) is 77.7 Å². The van der Waals surface area contributed by atoms with Crippen LogP contribution < -0.4 is 10.7 Å². The molecular formula is C23H24N4OS. The SMILES string of the molecule is CN1C(=CC(=O)CSc2nc(-c3ccccc3)cn2N)C(C)(C)c2ccccc21. The lowest BCUT2D eigenvalue weighted by Gasteiger charge is -2.23. The van der Waals surface area contributed by atoms with Crippen molar-refractivity contribution in [3.05, 3.63) is 78.1 Å². The minimum Gasteiger partial charge on any atom is -0.347 e. The fourth-order valence-corrected chi connectivity index (χ4v) is 4.54. The lowest BCUT2D eigenvalue weighted by Crippen LogP contribution is -2.24. The van der Waals surface area contributed by atoms with Crippen LogP contribution in [0.2, 0.25) is 0 Å². The number of anilines is 1. The lowest BCUT2D eigenvalue weighted by atomic mass is 9.83. The number of hydrogen-bond donors (Lipinski definition) is 1. The summed E-state index contributed by atoms with van der Waals surface area (Å²) in [5.74, 6) is 6.38. The molecule has 0 spiro atoms. The van der Waals surface area contributed by atoms with Gasteiger partial charge in [-0.25, -0.2) is 9.66 Å². The van der Waals surface area contributed by atoms with E-state index in [1.807, 2.05) is 49.5 Å². The van der Waals surface area contributed by atoms with Crippen LogP contribution in [-0.2, 0) is 10.2 Å². The molecule has 2 heterocycles. The highest BCUT2D eigenvalue weighted by molar-refractivity contribution is 7.99. The van der Waals surface area contributed by atoms with Crippen molar-refractivity contribution < 1.29 is 4.79 Å². The van der Waals surface area contributed by atoms with Crippen molar-refractivity contribution in [2.24, 2.45) is 0 Å². The molecule has 2 aromatic carbocycles. The fourth-order valence-electron chi connectivity index (χ4n) is 3.82. The molecule has 148 valence electrons. The molecule has 6 heteroatoms. The van der Waals surface area contributed by atoms with Gasteiger partial charge in [0, 0.05) is 35.5 Å². The minimum atomic E-state index is -0.210. The Labute approximate surface area is 175 Å². The van der Waals surface area contributed by atoms with Crippen LogP contribution in [-0.4, -0.2) is 28.2 Å². The first kappa shape index (κ1) is 19.3. The topological polar surface area (TPSA) is 64.2 Å². The number of hydrogen-bond acceptors (Lipinski definition) is 5. The van der Waals surface area contributed by atoms with Gasteiger partial charge in [0.25, 0.3) is 0 Å². The number of ketones is 1. The number of fused-ring (bicyclic) bond motifs is 1. The second-order valence-corrected chi connectivity index (χ2v) is 8.61. The molecule has 0 unspecified atom stereocenters. The van der Waals surface area contributed by atoms with Gasteiger partial charge in [0.1, 0.15) is 0 Å². The number of imidazole rings is 1. The van der Waals surface area contributed by atoms with Gasteiger partial charge in [0.2, 0.25) is 0 Å². The largest absolute Gasteiger partial charge is 0.347 e. The Kier molecular flexibility index (Phi) is 4.96. The maximum atomic E-state index is 12.7. The fraction of sp³-hybridized carbons (Fsp3) is 0.217.